The second-order valence-corrected chi connectivity index (χ2v) is 12.5. The summed E-state index contributed by atoms with van der Waals surface area (Å²) in [5.74, 6) is 2.71. The topological polar surface area (TPSA) is 59.1 Å². The maximum Gasteiger partial charge on any atom is 0.238 e. The van der Waals surface area contributed by atoms with Gasteiger partial charge in [-0.1, -0.05) is 36.4 Å². The van der Waals surface area contributed by atoms with Crippen molar-refractivity contribution < 1.29 is 19.1 Å². The first-order valence-electron chi connectivity index (χ1n) is 13.7. The maximum atomic E-state index is 13.0. The first kappa shape index (κ1) is 28.2. The minimum Gasteiger partial charge on any atom is -0.497 e. The third-order valence-electron chi connectivity index (χ3n) is 7.78. The van der Waals surface area contributed by atoms with Gasteiger partial charge in [0, 0.05) is 11.4 Å². The molecule has 0 aromatic heterocycles. The van der Waals surface area contributed by atoms with Gasteiger partial charge < -0.3 is 9.47 Å². The van der Waals surface area contributed by atoms with Gasteiger partial charge in [-0.15, -0.1) is 23.5 Å². The molecule has 214 valence electrons. The van der Waals surface area contributed by atoms with Crippen molar-refractivity contribution in [3.05, 3.63) is 107 Å². The lowest BCUT2D eigenvalue weighted by atomic mass is 9.99. The van der Waals surface area contributed by atoms with Crippen LogP contribution in [0.2, 0.25) is 0 Å². The maximum absolute atomic E-state index is 13.0. The van der Waals surface area contributed by atoms with Gasteiger partial charge in [0.15, 0.2) is 0 Å². The van der Waals surface area contributed by atoms with Crippen LogP contribution in [-0.4, -0.2) is 37.5 Å². The summed E-state index contributed by atoms with van der Waals surface area (Å²) in [5, 5.41) is -0.159. The van der Waals surface area contributed by atoms with Crippen molar-refractivity contribution in [3.63, 3.8) is 0 Å². The molecule has 6 rings (SSSR count). The van der Waals surface area contributed by atoms with E-state index in [1.807, 2.05) is 58.3 Å². The number of methoxy groups -OCH3 is 2. The molecule has 0 saturated carbocycles. The summed E-state index contributed by atoms with van der Waals surface area (Å²) in [4.78, 5) is 29.9. The van der Waals surface area contributed by atoms with Gasteiger partial charge in [-0.05, 0) is 95.8 Å². The molecule has 2 aliphatic rings. The summed E-state index contributed by atoms with van der Waals surface area (Å²) in [6.45, 7) is 4.11. The average Bonchev–Trinajstić information content (AvgIpc) is 3.59. The van der Waals surface area contributed by atoms with Crippen LogP contribution >= 0.6 is 23.5 Å². The summed E-state index contributed by atoms with van der Waals surface area (Å²) in [6.07, 6.45) is 0. The monoisotopic (exact) mass is 596 g/mol. The molecule has 2 amide bonds. The summed E-state index contributed by atoms with van der Waals surface area (Å²) in [6, 6.07) is 28.4. The fourth-order valence-electron chi connectivity index (χ4n) is 5.61. The fourth-order valence-corrected chi connectivity index (χ4v) is 7.95. The van der Waals surface area contributed by atoms with E-state index in [0.717, 1.165) is 56.3 Å². The van der Waals surface area contributed by atoms with Crippen molar-refractivity contribution >= 4 is 46.7 Å². The molecule has 0 aliphatic carbocycles. The third kappa shape index (κ3) is 5.25. The van der Waals surface area contributed by atoms with Crippen molar-refractivity contribution in [1.29, 1.82) is 0 Å². The normalized spacial score (nSPS) is 18.6. The molecule has 4 aromatic carbocycles. The molecule has 2 heterocycles. The van der Waals surface area contributed by atoms with Gasteiger partial charge >= 0.3 is 0 Å². The van der Waals surface area contributed by atoms with Crippen LogP contribution in [0.1, 0.15) is 33.0 Å². The van der Waals surface area contributed by atoms with Crippen LogP contribution in [0.15, 0.2) is 84.9 Å². The van der Waals surface area contributed by atoms with Gasteiger partial charge in [-0.3, -0.25) is 19.4 Å². The Morgan fingerprint density at radius 2 is 0.976 bits per heavy atom. The van der Waals surface area contributed by atoms with Crippen molar-refractivity contribution in [3.8, 4) is 22.6 Å². The molecule has 0 spiro atoms. The zero-order valence-electron chi connectivity index (χ0n) is 24.0. The second kappa shape index (κ2) is 11.8. The Bertz CT molecular complexity index is 1520. The number of benzene rings is 4. The van der Waals surface area contributed by atoms with Gasteiger partial charge in [0.05, 0.1) is 25.7 Å². The zero-order valence-corrected chi connectivity index (χ0v) is 25.6. The van der Waals surface area contributed by atoms with Gasteiger partial charge in [0.2, 0.25) is 11.8 Å². The first-order chi connectivity index (χ1) is 20.4. The highest BCUT2D eigenvalue weighted by Gasteiger charge is 2.36. The molecule has 4 aromatic rings. The number of carbonyl (C=O) groups excluding carboxylic acids is 2. The van der Waals surface area contributed by atoms with Crippen molar-refractivity contribution in [1.82, 2.24) is 0 Å². The summed E-state index contributed by atoms with van der Waals surface area (Å²) >= 11 is 3.28. The Morgan fingerprint density at radius 3 is 1.31 bits per heavy atom. The van der Waals surface area contributed by atoms with E-state index in [4.69, 9.17) is 9.47 Å². The molecule has 2 atom stereocenters. The average molecular weight is 597 g/mol. The number of anilines is 2. The molecule has 0 N–H and O–H groups in total. The number of amides is 2. The van der Waals surface area contributed by atoms with E-state index in [1.165, 1.54) is 0 Å². The van der Waals surface area contributed by atoms with Crippen LogP contribution in [0.25, 0.3) is 11.1 Å². The van der Waals surface area contributed by atoms with E-state index in [0.29, 0.717) is 11.5 Å². The van der Waals surface area contributed by atoms with E-state index in [2.05, 4.69) is 50.2 Å². The summed E-state index contributed by atoms with van der Waals surface area (Å²) in [7, 11) is 3.30. The van der Waals surface area contributed by atoms with Crippen molar-refractivity contribution in [2.24, 2.45) is 0 Å². The number of nitrogens with zero attached hydrogens (tertiary/aromatic N) is 2. The highest BCUT2D eigenvalue weighted by Crippen LogP contribution is 2.45. The molecule has 0 bridgehead atoms. The second-order valence-electron chi connectivity index (χ2n) is 10.4. The van der Waals surface area contributed by atoms with E-state index < -0.39 is 0 Å². The summed E-state index contributed by atoms with van der Waals surface area (Å²) < 4.78 is 10.6. The predicted octanol–water partition coefficient (Wildman–Crippen LogP) is 7.54. The van der Waals surface area contributed by atoms with Gasteiger partial charge in [-0.2, -0.15) is 0 Å². The van der Waals surface area contributed by atoms with E-state index in [9.17, 15) is 9.59 Å². The van der Waals surface area contributed by atoms with Crippen LogP contribution in [0, 0.1) is 13.8 Å². The minimum atomic E-state index is -0.0796. The zero-order chi connectivity index (χ0) is 29.4. The lowest BCUT2D eigenvalue weighted by Crippen LogP contribution is -2.28. The van der Waals surface area contributed by atoms with Gasteiger partial charge in [0.25, 0.3) is 0 Å². The molecular weight excluding hydrogens is 565 g/mol. The van der Waals surface area contributed by atoms with Crippen LogP contribution in [0.4, 0.5) is 11.4 Å². The number of rotatable bonds is 7. The fraction of sp³-hybridized carbons (Fsp3) is 0.235. The lowest BCUT2D eigenvalue weighted by Gasteiger charge is -2.27. The number of carbonyl (C=O) groups is 2. The molecule has 2 saturated heterocycles. The van der Waals surface area contributed by atoms with Crippen molar-refractivity contribution in [2.75, 3.05) is 35.5 Å². The Kier molecular flexibility index (Phi) is 7.92. The smallest absolute Gasteiger partial charge is 0.238 e. The van der Waals surface area contributed by atoms with Crippen LogP contribution in [0.5, 0.6) is 11.5 Å². The molecule has 8 heteroatoms. The Morgan fingerprint density at radius 1 is 0.595 bits per heavy atom. The molecule has 2 unspecified atom stereocenters. The third-order valence-corrected chi connectivity index (χ3v) is 10.2. The van der Waals surface area contributed by atoms with Crippen LogP contribution in [-0.2, 0) is 9.59 Å². The molecule has 42 heavy (non-hydrogen) atoms. The molecule has 0 radical (unpaired) electrons. The van der Waals surface area contributed by atoms with Crippen molar-refractivity contribution in [2.45, 2.75) is 24.6 Å². The number of ether oxygens (including phenoxy) is 2. The standard InChI is InChI=1S/C34H32N2O4S2/c1-21-17-25(9-15-29(21)35-31(37)19-41-33(35)23-5-11-27(39-3)12-6-23)26-10-16-30(22(2)18-26)36-32(38)20-42-34(36)24-7-13-28(40-4)14-8-24/h5-18,33-34H,19-20H2,1-4H3. The van der Waals surface area contributed by atoms with Crippen LogP contribution < -0.4 is 19.3 Å². The Balaban J connectivity index is 1.26. The quantitative estimate of drug-likeness (QED) is 0.220. The number of hydrogen-bond donors (Lipinski definition) is 0. The Hall–Kier alpha value is -3.88. The van der Waals surface area contributed by atoms with E-state index in [-0.39, 0.29) is 22.6 Å². The highest BCUT2D eigenvalue weighted by molar-refractivity contribution is 8.01. The molecule has 2 aliphatic heterocycles. The minimum absolute atomic E-state index is 0.0796. The van der Waals surface area contributed by atoms with E-state index >= 15 is 0 Å². The largest absolute Gasteiger partial charge is 0.497 e. The van der Waals surface area contributed by atoms with Gasteiger partial charge in [0.1, 0.15) is 22.2 Å². The number of hydrogen-bond acceptors (Lipinski definition) is 6. The van der Waals surface area contributed by atoms with Crippen LogP contribution in [0.3, 0.4) is 0 Å². The number of thioether (sulfide) groups is 2. The Labute approximate surface area is 255 Å². The summed E-state index contributed by atoms with van der Waals surface area (Å²) in [5.41, 5.74) is 8.20. The highest BCUT2D eigenvalue weighted by atomic mass is 32.2. The molecular formula is C34H32N2O4S2. The van der Waals surface area contributed by atoms with E-state index in [1.54, 1.807) is 37.7 Å². The van der Waals surface area contributed by atoms with Gasteiger partial charge in [-0.25, -0.2) is 0 Å². The lowest BCUT2D eigenvalue weighted by molar-refractivity contribution is -0.116. The molecule has 6 nitrogen and oxygen atoms in total. The first-order valence-corrected chi connectivity index (χ1v) is 15.8. The number of aryl methyl sites for hydroxylation is 2. The predicted molar refractivity (Wildman–Crippen MR) is 173 cm³/mol. The molecule has 2 fully saturated rings. The SMILES string of the molecule is COc1ccc(C2SCC(=O)N2c2ccc(-c3ccc(N4C(=O)CSC4c4ccc(OC)cc4)c(C)c3)cc2C)cc1.